The van der Waals surface area contributed by atoms with Crippen LogP contribution in [0, 0.1) is 5.82 Å². The minimum atomic E-state index is -0.585. The molecule has 0 radical (unpaired) electrons. The average molecular weight is 154 g/mol. The van der Waals surface area contributed by atoms with Gasteiger partial charge in [0.1, 0.15) is 6.10 Å². The van der Waals surface area contributed by atoms with Gasteiger partial charge in [0.2, 0.25) is 0 Å². The fourth-order valence-electron chi connectivity index (χ4n) is 0.964. The molecule has 1 aromatic rings. The van der Waals surface area contributed by atoms with Crippen LogP contribution in [0.25, 0.3) is 0 Å². The molecule has 11 heavy (non-hydrogen) atoms. The first-order chi connectivity index (χ1) is 5.27. The van der Waals surface area contributed by atoms with Gasteiger partial charge >= 0.3 is 0 Å². The van der Waals surface area contributed by atoms with Gasteiger partial charge in [0.15, 0.2) is 11.6 Å². The Hall–Kier alpha value is -1.09. The number of phenolic OH excluding ortho intramolecular Hbond substituents is 1. The first-order valence-electron chi connectivity index (χ1n) is 3.37. The van der Waals surface area contributed by atoms with Gasteiger partial charge in [0.25, 0.3) is 0 Å². The number of ether oxygens (including phenoxy) is 1. The zero-order valence-electron chi connectivity index (χ0n) is 5.75. The van der Waals surface area contributed by atoms with Crippen LogP contribution >= 0.6 is 0 Å². The van der Waals surface area contributed by atoms with E-state index in [0.29, 0.717) is 6.61 Å². The van der Waals surface area contributed by atoms with Crippen LogP contribution in [0.4, 0.5) is 4.39 Å². The Morgan fingerprint density at radius 2 is 2.27 bits per heavy atom. The molecule has 1 unspecified atom stereocenters. The summed E-state index contributed by atoms with van der Waals surface area (Å²) in [6.45, 7) is 0.657. The van der Waals surface area contributed by atoms with Crippen molar-refractivity contribution < 1.29 is 14.2 Å². The Labute approximate surface area is 63.2 Å². The number of halogens is 1. The van der Waals surface area contributed by atoms with Crippen LogP contribution in [0.1, 0.15) is 11.7 Å². The minimum Gasteiger partial charge on any atom is -0.505 e. The van der Waals surface area contributed by atoms with Crippen molar-refractivity contribution in [2.45, 2.75) is 6.10 Å². The van der Waals surface area contributed by atoms with E-state index in [1.54, 1.807) is 6.07 Å². The molecule has 1 N–H and O–H groups in total. The summed E-state index contributed by atoms with van der Waals surface area (Å²) in [7, 11) is 0. The molecule has 1 heterocycles. The summed E-state index contributed by atoms with van der Waals surface area (Å²) in [5.41, 5.74) is 0.792. The average Bonchev–Trinajstić information content (AvgIpc) is 2.77. The molecule has 0 aliphatic carbocycles. The summed E-state index contributed by atoms with van der Waals surface area (Å²) in [5, 5.41) is 8.83. The standard InChI is InChI=1S/C8H7FO2/c9-6-3-5(8-4-11-8)1-2-7(6)10/h1-3,8,10H,4H2. The Morgan fingerprint density at radius 1 is 1.55 bits per heavy atom. The second kappa shape index (κ2) is 2.20. The van der Waals surface area contributed by atoms with Gasteiger partial charge in [0.05, 0.1) is 6.61 Å². The van der Waals surface area contributed by atoms with Gasteiger partial charge in [-0.3, -0.25) is 0 Å². The minimum absolute atomic E-state index is 0.0464. The lowest BCUT2D eigenvalue weighted by Gasteiger charge is -1.97. The Balaban J connectivity index is 2.36. The maximum absolute atomic E-state index is 12.7. The fraction of sp³-hybridized carbons (Fsp3) is 0.250. The number of rotatable bonds is 1. The predicted molar refractivity (Wildman–Crippen MR) is 36.8 cm³/mol. The fourth-order valence-corrected chi connectivity index (χ4v) is 0.964. The van der Waals surface area contributed by atoms with E-state index in [2.05, 4.69) is 0 Å². The third-order valence-corrected chi connectivity index (χ3v) is 1.68. The highest BCUT2D eigenvalue weighted by molar-refractivity contribution is 5.30. The van der Waals surface area contributed by atoms with E-state index in [0.717, 1.165) is 5.56 Å². The van der Waals surface area contributed by atoms with Gasteiger partial charge in [-0.15, -0.1) is 0 Å². The highest BCUT2D eigenvalue weighted by Crippen LogP contribution is 2.31. The number of hydrogen-bond donors (Lipinski definition) is 1. The van der Waals surface area contributed by atoms with Gasteiger partial charge in [-0.2, -0.15) is 0 Å². The van der Waals surface area contributed by atoms with Crippen LogP contribution in [-0.4, -0.2) is 11.7 Å². The SMILES string of the molecule is Oc1ccc(C2CO2)cc1F. The number of epoxide rings is 1. The third-order valence-electron chi connectivity index (χ3n) is 1.68. The van der Waals surface area contributed by atoms with Crippen molar-refractivity contribution >= 4 is 0 Å². The Bertz CT molecular complexity index is 281. The van der Waals surface area contributed by atoms with Crippen LogP contribution in [-0.2, 0) is 4.74 Å². The van der Waals surface area contributed by atoms with E-state index in [9.17, 15) is 4.39 Å². The first kappa shape index (κ1) is 6.61. The molecule has 0 spiro atoms. The van der Waals surface area contributed by atoms with Crippen molar-refractivity contribution in [3.8, 4) is 5.75 Å². The van der Waals surface area contributed by atoms with Crippen LogP contribution in [0.15, 0.2) is 18.2 Å². The summed E-state index contributed by atoms with van der Waals surface area (Å²) in [4.78, 5) is 0. The van der Waals surface area contributed by atoms with Gasteiger partial charge in [-0.05, 0) is 17.7 Å². The first-order valence-corrected chi connectivity index (χ1v) is 3.37. The van der Waals surface area contributed by atoms with E-state index in [1.807, 2.05) is 0 Å². The van der Waals surface area contributed by atoms with Crippen molar-refractivity contribution in [1.29, 1.82) is 0 Å². The van der Waals surface area contributed by atoms with Gasteiger partial charge < -0.3 is 9.84 Å². The highest BCUT2D eigenvalue weighted by Gasteiger charge is 2.25. The zero-order valence-corrected chi connectivity index (χ0v) is 5.75. The number of benzene rings is 1. The molecule has 0 bridgehead atoms. The molecule has 2 nitrogen and oxygen atoms in total. The zero-order chi connectivity index (χ0) is 7.84. The van der Waals surface area contributed by atoms with Gasteiger partial charge in [-0.25, -0.2) is 4.39 Å². The molecule has 2 rings (SSSR count). The van der Waals surface area contributed by atoms with Crippen LogP contribution in [0.3, 0.4) is 0 Å². The van der Waals surface area contributed by atoms with Crippen LogP contribution in [0.5, 0.6) is 5.75 Å². The molecule has 1 aromatic carbocycles. The van der Waals surface area contributed by atoms with Crippen LogP contribution < -0.4 is 0 Å². The summed E-state index contributed by atoms with van der Waals surface area (Å²) >= 11 is 0. The summed E-state index contributed by atoms with van der Waals surface area (Å²) in [6, 6.07) is 4.30. The van der Waals surface area contributed by atoms with Crippen molar-refractivity contribution in [3.05, 3.63) is 29.6 Å². The largest absolute Gasteiger partial charge is 0.505 e. The van der Waals surface area contributed by atoms with E-state index in [1.165, 1.54) is 12.1 Å². The number of phenols is 1. The molecule has 0 saturated carbocycles. The van der Waals surface area contributed by atoms with E-state index >= 15 is 0 Å². The number of hydrogen-bond acceptors (Lipinski definition) is 2. The molecule has 1 atom stereocenters. The van der Waals surface area contributed by atoms with Crippen molar-refractivity contribution in [1.82, 2.24) is 0 Å². The molecular formula is C8H7FO2. The third kappa shape index (κ3) is 1.19. The molecule has 1 fully saturated rings. The van der Waals surface area contributed by atoms with Crippen molar-refractivity contribution in [3.63, 3.8) is 0 Å². The maximum atomic E-state index is 12.7. The second-order valence-corrected chi connectivity index (χ2v) is 2.53. The molecule has 0 amide bonds. The lowest BCUT2D eigenvalue weighted by Crippen LogP contribution is -1.82. The number of aromatic hydroxyl groups is 1. The van der Waals surface area contributed by atoms with E-state index in [-0.39, 0.29) is 11.9 Å². The smallest absolute Gasteiger partial charge is 0.165 e. The molecule has 58 valence electrons. The quantitative estimate of drug-likeness (QED) is 0.623. The van der Waals surface area contributed by atoms with E-state index in [4.69, 9.17) is 9.84 Å². The second-order valence-electron chi connectivity index (χ2n) is 2.53. The Kier molecular flexibility index (Phi) is 1.32. The van der Waals surface area contributed by atoms with Gasteiger partial charge in [0, 0.05) is 0 Å². The summed E-state index contributed by atoms with van der Waals surface area (Å²) in [5.74, 6) is -0.896. The lowest BCUT2D eigenvalue weighted by atomic mass is 10.1. The topological polar surface area (TPSA) is 32.8 Å². The molecule has 3 heteroatoms. The van der Waals surface area contributed by atoms with Gasteiger partial charge in [-0.1, -0.05) is 6.07 Å². The molecule has 1 saturated heterocycles. The molecular weight excluding hydrogens is 147 g/mol. The summed E-state index contributed by atoms with van der Waals surface area (Å²) < 4.78 is 17.6. The summed E-state index contributed by atoms with van der Waals surface area (Å²) in [6.07, 6.45) is 0.0464. The van der Waals surface area contributed by atoms with Crippen molar-refractivity contribution in [2.75, 3.05) is 6.61 Å². The maximum Gasteiger partial charge on any atom is 0.165 e. The van der Waals surface area contributed by atoms with E-state index < -0.39 is 5.82 Å². The predicted octanol–water partition coefficient (Wildman–Crippen LogP) is 1.60. The van der Waals surface area contributed by atoms with Crippen LogP contribution in [0.2, 0.25) is 0 Å². The molecule has 1 aliphatic rings. The molecule has 1 aliphatic heterocycles. The normalized spacial score (nSPS) is 21.7. The van der Waals surface area contributed by atoms with Crippen molar-refractivity contribution in [2.24, 2.45) is 0 Å². The Morgan fingerprint density at radius 3 is 2.82 bits per heavy atom. The molecule has 0 aromatic heterocycles. The lowest BCUT2D eigenvalue weighted by molar-refractivity contribution is 0.410. The monoisotopic (exact) mass is 154 g/mol. The highest BCUT2D eigenvalue weighted by atomic mass is 19.1.